The van der Waals surface area contributed by atoms with Crippen molar-refractivity contribution < 1.29 is 4.79 Å². The van der Waals surface area contributed by atoms with E-state index in [0.717, 1.165) is 32.2 Å². The molecule has 0 saturated heterocycles. The molecule has 104 valence electrons. The predicted molar refractivity (Wildman–Crippen MR) is 73.8 cm³/mol. The molecule has 1 aromatic rings. The van der Waals surface area contributed by atoms with E-state index < -0.39 is 0 Å². The van der Waals surface area contributed by atoms with Gasteiger partial charge in [-0.1, -0.05) is 6.92 Å². The zero-order valence-corrected chi connectivity index (χ0v) is 11.7. The molecule has 1 aromatic heterocycles. The van der Waals surface area contributed by atoms with Gasteiger partial charge in [-0.2, -0.15) is 0 Å². The van der Waals surface area contributed by atoms with Crippen molar-refractivity contribution >= 4 is 5.91 Å². The zero-order valence-electron chi connectivity index (χ0n) is 11.7. The quantitative estimate of drug-likeness (QED) is 0.892. The third kappa shape index (κ3) is 3.50. The molecule has 0 aliphatic heterocycles. The highest BCUT2D eigenvalue weighted by Crippen LogP contribution is 2.23. The van der Waals surface area contributed by atoms with Crippen LogP contribution in [0.15, 0.2) is 18.7 Å². The highest BCUT2D eigenvalue weighted by Gasteiger charge is 2.26. The zero-order chi connectivity index (χ0) is 13.7. The van der Waals surface area contributed by atoms with Crippen molar-refractivity contribution in [3.8, 4) is 0 Å². The number of amides is 1. The van der Waals surface area contributed by atoms with Gasteiger partial charge in [-0.15, -0.1) is 0 Å². The Balaban J connectivity index is 1.91. The maximum atomic E-state index is 12.3. The molecule has 2 rings (SSSR count). The Bertz CT molecular complexity index is 401. The van der Waals surface area contributed by atoms with E-state index in [1.807, 2.05) is 11.9 Å². The lowest BCUT2D eigenvalue weighted by atomic mass is 9.90. The minimum atomic E-state index is 0.0208. The largest absolute Gasteiger partial charge is 0.339 e. The minimum absolute atomic E-state index is 0.0208. The van der Waals surface area contributed by atoms with Crippen molar-refractivity contribution in [3.63, 3.8) is 0 Å². The van der Waals surface area contributed by atoms with Crippen molar-refractivity contribution in [2.45, 2.75) is 44.7 Å². The lowest BCUT2D eigenvalue weighted by molar-refractivity contribution is 0.0684. The van der Waals surface area contributed by atoms with E-state index in [9.17, 15) is 4.79 Å². The molecule has 0 bridgehead atoms. The lowest BCUT2D eigenvalue weighted by Crippen LogP contribution is -2.43. The minimum Gasteiger partial charge on any atom is -0.339 e. The second kappa shape index (κ2) is 6.61. The van der Waals surface area contributed by atoms with Gasteiger partial charge >= 0.3 is 0 Å². The van der Waals surface area contributed by atoms with Gasteiger partial charge in [0.05, 0.1) is 5.56 Å². The first-order valence-corrected chi connectivity index (χ1v) is 6.98. The second-order valence-corrected chi connectivity index (χ2v) is 5.11. The Morgan fingerprint density at radius 1 is 1.32 bits per heavy atom. The van der Waals surface area contributed by atoms with Crippen LogP contribution in [0.25, 0.3) is 0 Å². The van der Waals surface area contributed by atoms with Gasteiger partial charge in [-0.05, 0) is 32.2 Å². The third-order valence-corrected chi connectivity index (χ3v) is 3.87. The average Bonchev–Trinajstić information content (AvgIpc) is 2.48. The summed E-state index contributed by atoms with van der Waals surface area (Å²) in [6, 6.07) is 0.951. The van der Waals surface area contributed by atoms with Crippen LogP contribution in [0.2, 0.25) is 0 Å². The molecule has 5 nitrogen and oxygen atoms in total. The summed E-state index contributed by atoms with van der Waals surface area (Å²) in [6.45, 7) is 3.16. The summed E-state index contributed by atoms with van der Waals surface area (Å²) in [5, 5.41) is 3.48. The number of carbonyl (C=O) groups excluding carboxylic acids is 1. The molecule has 1 aliphatic rings. The van der Waals surface area contributed by atoms with Crippen LogP contribution in [-0.2, 0) is 0 Å². The Morgan fingerprint density at radius 3 is 2.53 bits per heavy atom. The highest BCUT2D eigenvalue weighted by atomic mass is 16.2. The van der Waals surface area contributed by atoms with E-state index in [4.69, 9.17) is 0 Å². The van der Waals surface area contributed by atoms with Crippen LogP contribution in [-0.4, -0.2) is 46.5 Å². The van der Waals surface area contributed by atoms with Crippen molar-refractivity contribution in [1.82, 2.24) is 20.2 Å². The highest BCUT2D eigenvalue weighted by molar-refractivity contribution is 5.93. The predicted octanol–water partition coefficient (Wildman–Crippen LogP) is 1.47. The fraction of sp³-hybridized carbons (Fsp3) is 0.643. The van der Waals surface area contributed by atoms with Crippen molar-refractivity contribution in [1.29, 1.82) is 0 Å². The number of aromatic nitrogens is 2. The molecule has 0 atom stereocenters. The van der Waals surface area contributed by atoms with Crippen molar-refractivity contribution in [3.05, 3.63) is 24.3 Å². The summed E-state index contributed by atoms with van der Waals surface area (Å²) < 4.78 is 0. The fourth-order valence-corrected chi connectivity index (χ4v) is 2.73. The number of hydrogen-bond acceptors (Lipinski definition) is 4. The van der Waals surface area contributed by atoms with E-state index in [1.54, 1.807) is 12.4 Å². The van der Waals surface area contributed by atoms with Crippen LogP contribution >= 0.6 is 0 Å². The normalized spacial score (nSPS) is 23.1. The van der Waals surface area contributed by atoms with Gasteiger partial charge in [0.25, 0.3) is 5.91 Å². The lowest BCUT2D eigenvalue weighted by Gasteiger charge is -2.34. The van der Waals surface area contributed by atoms with E-state index in [1.165, 1.54) is 6.33 Å². The summed E-state index contributed by atoms with van der Waals surface area (Å²) in [4.78, 5) is 21.9. The molecule has 0 radical (unpaired) electrons. The van der Waals surface area contributed by atoms with Crippen LogP contribution in [0.4, 0.5) is 0 Å². The van der Waals surface area contributed by atoms with Crippen LogP contribution < -0.4 is 5.32 Å². The Labute approximate surface area is 114 Å². The summed E-state index contributed by atoms with van der Waals surface area (Å²) >= 11 is 0. The molecule has 1 amide bonds. The summed E-state index contributed by atoms with van der Waals surface area (Å²) in [5.41, 5.74) is 0.568. The topological polar surface area (TPSA) is 58.1 Å². The first kappa shape index (κ1) is 13.9. The molecule has 0 spiro atoms. The molecule has 1 fully saturated rings. The van der Waals surface area contributed by atoms with Gasteiger partial charge in [-0.3, -0.25) is 4.79 Å². The van der Waals surface area contributed by atoms with Crippen molar-refractivity contribution in [2.24, 2.45) is 0 Å². The molecule has 1 heterocycles. The van der Waals surface area contributed by atoms with Gasteiger partial charge in [0.2, 0.25) is 0 Å². The number of hydrogen-bond donors (Lipinski definition) is 1. The Morgan fingerprint density at radius 2 is 1.95 bits per heavy atom. The Hall–Kier alpha value is -1.49. The van der Waals surface area contributed by atoms with E-state index >= 15 is 0 Å². The van der Waals surface area contributed by atoms with Crippen LogP contribution in [0.3, 0.4) is 0 Å². The van der Waals surface area contributed by atoms with Crippen LogP contribution in [0.1, 0.15) is 43.0 Å². The molecule has 0 aromatic carbocycles. The molecule has 1 aliphatic carbocycles. The Kier molecular flexibility index (Phi) is 4.85. The molecular weight excluding hydrogens is 240 g/mol. The van der Waals surface area contributed by atoms with Gasteiger partial charge in [-0.25, -0.2) is 9.97 Å². The maximum Gasteiger partial charge on any atom is 0.256 e. The molecule has 0 unspecified atom stereocenters. The van der Waals surface area contributed by atoms with E-state index in [0.29, 0.717) is 17.6 Å². The summed E-state index contributed by atoms with van der Waals surface area (Å²) in [6.07, 6.45) is 9.01. The summed E-state index contributed by atoms with van der Waals surface area (Å²) in [5.74, 6) is 0.0208. The molecule has 5 heteroatoms. The molecular formula is C14H22N4O. The first-order valence-electron chi connectivity index (χ1n) is 6.98. The standard InChI is InChI=1S/C14H22N4O/c1-3-17-12-4-6-13(7-5-12)18(2)14(19)11-8-15-10-16-9-11/h8-10,12-13,17H,3-7H2,1-2H3. The number of nitrogens with one attached hydrogen (secondary N) is 1. The summed E-state index contributed by atoms with van der Waals surface area (Å²) in [7, 11) is 1.88. The van der Waals surface area contributed by atoms with Gasteiger partial charge < -0.3 is 10.2 Å². The average molecular weight is 262 g/mol. The molecule has 1 N–H and O–H groups in total. The number of rotatable bonds is 4. The van der Waals surface area contributed by atoms with Crippen LogP contribution in [0, 0.1) is 0 Å². The van der Waals surface area contributed by atoms with Gasteiger partial charge in [0.1, 0.15) is 6.33 Å². The van der Waals surface area contributed by atoms with Gasteiger partial charge in [0, 0.05) is 31.5 Å². The van der Waals surface area contributed by atoms with Crippen molar-refractivity contribution in [2.75, 3.05) is 13.6 Å². The van der Waals surface area contributed by atoms with Crippen LogP contribution in [0.5, 0.6) is 0 Å². The fourth-order valence-electron chi connectivity index (χ4n) is 2.73. The van der Waals surface area contributed by atoms with Gasteiger partial charge in [0.15, 0.2) is 0 Å². The number of nitrogens with zero attached hydrogens (tertiary/aromatic N) is 3. The first-order chi connectivity index (χ1) is 9.22. The SMILES string of the molecule is CCNC1CCC(N(C)C(=O)c2cncnc2)CC1. The smallest absolute Gasteiger partial charge is 0.256 e. The molecule has 1 saturated carbocycles. The third-order valence-electron chi connectivity index (χ3n) is 3.87. The molecule has 19 heavy (non-hydrogen) atoms. The number of carbonyl (C=O) groups is 1. The monoisotopic (exact) mass is 262 g/mol. The second-order valence-electron chi connectivity index (χ2n) is 5.11. The maximum absolute atomic E-state index is 12.3. The van der Waals surface area contributed by atoms with E-state index in [2.05, 4.69) is 22.2 Å². The van der Waals surface area contributed by atoms with E-state index in [-0.39, 0.29) is 5.91 Å².